The van der Waals surface area contributed by atoms with Gasteiger partial charge in [-0.2, -0.15) is 0 Å². The molecule has 466 valence electrons. The molecule has 1 aliphatic heterocycles. The molecule has 4 aromatic rings. The van der Waals surface area contributed by atoms with Gasteiger partial charge in [-0.1, -0.05) is 52.2 Å². The second kappa shape index (κ2) is 35.9. The number of imidazole rings is 1. The summed E-state index contributed by atoms with van der Waals surface area (Å²) in [5.41, 5.74) is 12.8. The molecule has 2 aromatic heterocycles. The van der Waals surface area contributed by atoms with E-state index in [9.17, 15) is 43.5 Å². The number of likely N-dealkylation sites (N-methyl/N-ethyl adjacent to an activating group) is 1. The van der Waals surface area contributed by atoms with E-state index in [4.69, 9.17) is 25.7 Å². The number of hydrogen-bond donors (Lipinski definition) is 10. The first-order valence-electron chi connectivity index (χ1n) is 29.1. The molecule has 7 amide bonds. The number of methoxy groups -OCH3 is 1. The average Bonchev–Trinajstić information content (AvgIpc) is 3.39. The van der Waals surface area contributed by atoms with E-state index in [0.29, 0.717) is 107 Å². The first-order valence-corrected chi connectivity index (χ1v) is 29.1. The zero-order valence-corrected chi connectivity index (χ0v) is 49.6. The van der Waals surface area contributed by atoms with Crippen molar-refractivity contribution in [3.8, 4) is 5.75 Å². The SMILES string of the molecule is CCCC[C@H](NC(=O)[C@@H](NC(=O)CCCOCCCOCCOC)[C@@H](C)CC)C(=O)N1CCN(c2ccc3ncn(CC(=O)N[C@@H](CCCN=C(N)N)C(=O)N[C@@H](Cc4cnc[nH]4)C(=O)N[C@@H](Cc4ccc(O)cc4)C(=O)NC)c(=O)c3c2)CC1. The normalized spacial score (nSPS) is 14.5. The number of nitrogens with one attached hydrogen (secondary N) is 7. The van der Waals surface area contributed by atoms with Crippen molar-refractivity contribution < 1.29 is 52.9 Å². The van der Waals surface area contributed by atoms with Gasteiger partial charge in [0, 0.05) is 104 Å². The highest BCUT2D eigenvalue weighted by Gasteiger charge is 2.34. The van der Waals surface area contributed by atoms with Gasteiger partial charge in [-0.05, 0) is 73.9 Å². The van der Waals surface area contributed by atoms with E-state index >= 15 is 0 Å². The number of aromatic nitrogens is 4. The number of hydrogen-bond acceptors (Lipinski definition) is 16. The lowest BCUT2D eigenvalue weighted by Crippen LogP contribution is -2.58. The summed E-state index contributed by atoms with van der Waals surface area (Å²) in [7, 11) is 3.04. The molecule has 3 heterocycles. The Morgan fingerprint density at radius 2 is 1.42 bits per heavy atom. The maximum atomic E-state index is 14.2. The summed E-state index contributed by atoms with van der Waals surface area (Å²) in [6.07, 6.45) is 8.27. The molecular formula is C58H87N15O12. The van der Waals surface area contributed by atoms with Crippen LogP contribution >= 0.6 is 0 Å². The third-order valence-electron chi connectivity index (χ3n) is 14.5. The summed E-state index contributed by atoms with van der Waals surface area (Å²) in [6, 6.07) is 6.11. The molecule has 6 atom stereocenters. The van der Waals surface area contributed by atoms with E-state index in [2.05, 4.69) is 51.8 Å². The smallest absolute Gasteiger partial charge is 0.261 e. The Bertz CT molecular complexity index is 2860. The van der Waals surface area contributed by atoms with E-state index in [1.54, 1.807) is 36.3 Å². The monoisotopic (exact) mass is 1190 g/mol. The number of aromatic hydroxyl groups is 1. The van der Waals surface area contributed by atoms with E-state index in [-0.39, 0.29) is 73.5 Å². The number of aliphatic imine (C=N–C) groups is 1. The Hall–Kier alpha value is -8.17. The number of carbonyl (C=O) groups is 7. The first kappa shape index (κ1) is 67.6. The molecule has 85 heavy (non-hydrogen) atoms. The van der Waals surface area contributed by atoms with Crippen LogP contribution in [0.4, 0.5) is 5.69 Å². The van der Waals surface area contributed by atoms with Crippen LogP contribution in [0.5, 0.6) is 5.75 Å². The van der Waals surface area contributed by atoms with Gasteiger partial charge in [-0.25, -0.2) is 9.97 Å². The molecule has 1 aliphatic rings. The minimum absolute atomic E-state index is 0.0138. The van der Waals surface area contributed by atoms with Crippen molar-refractivity contribution in [2.24, 2.45) is 22.4 Å². The number of anilines is 1. The van der Waals surface area contributed by atoms with Crippen LogP contribution in [0.3, 0.4) is 0 Å². The van der Waals surface area contributed by atoms with Gasteiger partial charge in [0.2, 0.25) is 41.4 Å². The van der Waals surface area contributed by atoms with E-state index in [1.807, 2.05) is 31.7 Å². The molecule has 0 unspecified atom stereocenters. The quantitative estimate of drug-likeness (QED) is 0.0165. The fourth-order valence-electron chi connectivity index (χ4n) is 9.47. The van der Waals surface area contributed by atoms with Gasteiger partial charge >= 0.3 is 0 Å². The third kappa shape index (κ3) is 22.4. The van der Waals surface area contributed by atoms with Crippen LogP contribution < -0.4 is 53.8 Å². The summed E-state index contributed by atoms with van der Waals surface area (Å²) in [5.74, 6) is -3.93. The van der Waals surface area contributed by atoms with Crippen LogP contribution in [-0.4, -0.2) is 187 Å². The van der Waals surface area contributed by atoms with Crippen molar-refractivity contribution in [1.82, 2.24) is 56.3 Å². The highest BCUT2D eigenvalue weighted by atomic mass is 16.5. The van der Waals surface area contributed by atoms with Gasteiger partial charge in [0.15, 0.2) is 5.96 Å². The molecule has 1 saturated heterocycles. The van der Waals surface area contributed by atoms with Gasteiger partial charge in [-0.15, -0.1) is 0 Å². The van der Waals surface area contributed by atoms with Gasteiger partial charge in [0.05, 0.1) is 36.8 Å². The number of nitrogens with zero attached hydrogens (tertiary/aromatic N) is 6. The van der Waals surface area contributed by atoms with E-state index in [1.165, 1.54) is 38.0 Å². The fourth-order valence-corrected chi connectivity index (χ4v) is 9.47. The van der Waals surface area contributed by atoms with Crippen molar-refractivity contribution in [3.63, 3.8) is 0 Å². The van der Waals surface area contributed by atoms with Crippen LogP contribution in [0.2, 0.25) is 0 Å². The summed E-state index contributed by atoms with van der Waals surface area (Å²) in [4.78, 5) is 130. The number of unbranched alkanes of at least 4 members (excludes halogenated alkanes) is 1. The van der Waals surface area contributed by atoms with Crippen molar-refractivity contribution in [3.05, 3.63) is 82.9 Å². The van der Waals surface area contributed by atoms with Crippen molar-refractivity contribution in [2.75, 3.05) is 84.8 Å². The highest BCUT2D eigenvalue weighted by molar-refractivity contribution is 5.95. The number of ether oxygens (including phenoxy) is 3. The van der Waals surface area contributed by atoms with Crippen LogP contribution in [0.1, 0.15) is 89.8 Å². The second-order valence-electron chi connectivity index (χ2n) is 21.0. The fraction of sp³-hybridized carbons (Fsp3) is 0.569. The van der Waals surface area contributed by atoms with Crippen LogP contribution in [-0.2, 0) is 67.2 Å². The number of piperazine rings is 1. The number of guanidine groups is 1. The van der Waals surface area contributed by atoms with Crippen molar-refractivity contribution >= 4 is 63.9 Å². The summed E-state index contributed by atoms with van der Waals surface area (Å²) in [5, 5.41) is 26.6. The van der Waals surface area contributed by atoms with Gasteiger partial charge < -0.3 is 77.5 Å². The van der Waals surface area contributed by atoms with Crippen molar-refractivity contribution in [2.45, 2.75) is 128 Å². The molecular weight excluding hydrogens is 1100 g/mol. The van der Waals surface area contributed by atoms with E-state index in [0.717, 1.165) is 17.4 Å². The maximum absolute atomic E-state index is 14.2. The Balaban J connectivity index is 1.22. The molecule has 1 fully saturated rings. The molecule has 12 N–H and O–H groups in total. The number of nitrogens with two attached hydrogens (primary N) is 2. The topological polar surface area (TPSA) is 374 Å². The summed E-state index contributed by atoms with van der Waals surface area (Å²) >= 11 is 0. The molecule has 0 saturated carbocycles. The molecule has 27 nitrogen and oxygen atoms in total. The Kier molecular flexibility index (Phi) is 28.5. The largest absolute Gasteiger partial charge is 0.508 e. The third-order valence-corrected chi connectivity index (χ3v) is 14.5. The molecule has 0 bridgehead atoms. The lowest BCUT2D eigenvalue weighted by molar-refractivity contribution is -0.138. The van der Waals surface area contributed by atoms with Gasteiger partial charge in [0.1, 0.15) is 42.5 Å². The maximum Gasteiger partial charge on any atom is 0.261 e. The standard InChI is InChI=1S/C58H87N15O12/c1-6-8-12-46(67-55(80)51(38(3)7-2)70-49(75)14-10-26-84-27-11-28-85-30-29-83-5)57(82)72-24-22-71(23-25-72)41-17-20-44-43(33-41)56(81)73(37-65-44)35-50(76)66-45(13-9-21-63-58(59)60)53(78)69-48(32-40-34-62-36-64-40)54(79)68-47(52(77)61-4)31-39-15-18-42(74)19-16-39/h15-20,33-34,36-38,45-48,51,74H,6-14,21-32,35H2,1-5H3,(H,61,77)(H,62,64)(H,66,76)(H,67,80)(H,68,79)(H,69,78)(H,70,75)(H4,59,60,63)/t38-,45-,46-,47-,48-,51-/m0/s1. The van der Waals surface area contributed by atoms with Crippen LogP contribution in [0.25, 0.3) is 10.9 Å². The first-order chi connectivity index (χ1) is 40.9. The molecule has 0 aliphatic carbocycles. The minimum atomic E-state index is -1.27. The zero-order valence-electron chi connectivity index (χ0n) is 49.6. The zero-order chi connectivity index (χ0) is 61.7. The number of rotatable bonds is 37. The number of fused-ring (bicyclic) bond motifs is 1. The average molecular weight is 1190 g/mol. The Morgan fingerprint density at radius 3 is 2.08 bits per heavy atom. The number of phenols is 1. The Labute approximate surface area is 495 Å². The Morgan fingerprint density at radius 1 is 0.753 bits per heavy atom. The number of aromatic amines is 1. The number of phenolic OH excluding ortho intramolecular Hbond substituents is 1. The van der Waals surface area contributed by atoms with Crippen LogP contribution in [0, 0.1) is 5.92 Å². The highest BCUT2D eigenvalue weighted by Crippen LogP contribution is 2.22. The predicted molar refractivity (Wildman–Crippen MR) is 319 cm³/mol. The summed E-state index contributed by atoms with van der Waals surface area (Å²) in [6.45, 7) is 9.39. The van der Waals surface area contributed by atoms with Gasteiger partial charge in [0.25, 0.3) is 5.56 Å². The molecule has 0 radical (unpaired) electrons. The van der Waals surface area contributed by atoms with E-state index < -0.39 is 71.8 Å². The molecule has 0 spiro atoms. The van der Waals surface area contributed by atoms with Crippen molar-refractivity contribution in [1.29, 1.82) is 0 Å². The lowest BCUT2D eigenvalue weighted by atomic mass is 9.97. The number of carbonyl (C=O) groups excluding carboxylic acids is 7. The molecule has 2 aromatic carbocycles. The molecule has 5 rings (SSSR count). The minimum Gasteiger partial charge on any atom is -0.508 e. The number of amides is 7. The second-order valence-corrected chi connectivity index (χ2v) is 21.0. The number of H-pyrrole nitrogens is 1. The predicted octanol–water partition coefficient (Wildman–Crippen LogP) is 0.269. The summed E-state index contributed by atoms with van der Waals surface area (Å²) < 4.78 is 17.2. The van der Waals surface area contributed by atoms with Gasteiger partial charge in [-0.3, -0.25) is 47.9 Å². The number of benzene rings is 2. The lowest BCUT2D eigenvalue weighted by Gasteiger charge is -2.38. The van der Waals surface area contributed by atoms with Crippen LogP contribution in [0.15, 0.2) is 71.1 Å². The molecule has 27 heteroatoms.